The second-order valence-corrected chi connectivity index (χ2v) is 7.45. The van der Waals surface area contributed by atoms with E-state index in [1.165, 1.54) is 12.8 Å². The maximum atomic E-state index is 2.33. The van der Waals surface area contributed by atoms with Crippen molar-refractivity contribution in [3.63, 3.8) is 0 Å². The van der Waals surface area contributed by atoms with Crippen molar-refractivity contribution >= 4 is 18.5 Å². The summed E-state index contributed by atoms with van der Waals surface area (Å²) >= 11 is 0. The van der Waals surface area contributed by atoms with Crippen LogP contribution in [0.1, 0.15) is 19.8 Å². The van der Waals surface area contributed by atoms with E-state index in [0.717, 1.165) is 11.6 Å². The largest absolute Gasteiger partial charge is 0.0651 e. The number of hydrogen-bond acceptors (Lipinski definition) is 0. The molecule has 0 radical (unpaired) electrons. The van der Waals surface area contributed by atoms with Gasteiger partial charge in [0.1, 0.15) is 0 Å². The van der Waals surface area contributed by atoms with E-state index >= 15 is 0 Å². The summed E-state index contributed by atoms with van der Waals surface area (Å²) in [6.07, 6.45) is 2.76. The zero-order valence-electron chi connectivity index (χ0n) is 10.8. The standard InChI is InChI=1S/C17H19P/c1-2-14-13-17(14)18(15-9-5-3-6-10-15)16-11-7-4-8-12-16/h3-12,14,17H,2,13H2,1H3. The topological polar surface area (TPSA) is 0 Å². The Hall–Kier alpha value is -1.13. The minimum absolute atomic E-state index is 0.144. The Labute approximate surface area is 111 Å². The molecular formula is C17H19P. The van der Waals surface area contributed by atoms with Gasteiger partial charge >= 0.3 is 0 Å². The normalized spacial score (nSPS) is 22.1. The molecule has 0 N–H and O–H groups in total. The highest BCUT2D eigenvalue weighted by Crippen LogP contribution is 2.57. The van der Waals surface area contributed by atoms with Gasteiger partial charge in [0.25, 0.3) is 0 Å². The van der Waals surface area contributed by atoms with Crippen LogP contribution in [0, 0.1) is 5.92 Å². The summed E-state index contributed by atoms with van der Waals surface area (Å²) in [5, 5.41) is 3.08. The molecule has 1 fully saturated rings. The second kappa shape index (κ2) is 5.24. The van der Waals surface area contributed by atoms with Gasteiger partial charge in [-0.1, -0.05) is 74.0 Å². The molecule has 2 aromatic rings. The molecule has 0 aromatic heterocycles. The minimum Gasteiger partial charge on any atom is -0.0651 e. The molecule has 1 aliphatic rings. The Bertz CT molecular complexity index is 452. The Morgan fingerprint density at radius 3 is 1.78 bits per heavy atom. The first kappa shape index (κ1) is 11.9. The fraction of sp³-hybridized carbons (Fsp3) is 0.294. The molecule has 2 atom stereocenters. The van der Waals surface area contributed by atoms with Gasteiger partial charge in [-0.3, -0.25) is 0 Å². The van der Waals surface area contributed by atoms with Crippen LogP contribution in [0.15, 0.2) is 60.7 Å². The van der Waals surface area contributed by atoms with Crippen molar-refractivity contribution in [3.05, 3.63) is 60.7 Å². The molecule has 3 rings (SSSR count). The first-order valence-corrected chi connectivity index (χ1v) is 8.20. The summed E-state index contributed by atoms with van der Waals surface area (Å²) in [7, 11) is -0.144. The van der Waals surface area contributed by atoms with Crippen molar-refractivity contribution < 1.29 is 0 Å². The van der Waals surface area contributed by atoms with Crippen LogP contribution in [0.3, 0.4) is 0 Å². The molecule has 2 aromatic carbocycles. The van der Waals surface area contributed by atoms with Gasteiger partial charge in [-0.15, -0.1) is 0 Å². The molecular weight excluding hydrogens is 235 g/mol. The van der Waals surface area contributed by atoms with Gasteiger partial charge in [0.05, 0.1) is 0 Å². The van der Waals surface area contributed by atoms with Crippen LogP contribution < -0.4 is 10.6 Å². The van der Waals surface area contributed by atoms with Crippen LogP contribution in [0.4, 0.5) is 0 Å². The van der Waals surface area contributed by atoms with Crippen molar-refractivity contribution in [1.82, 2.24) is 0 Å². The first-order chi connectivity index (χ1) is 8.90. The quantitative estimate of drug-likeness (QED) is 0.725. The number of rotatable bonds is 4. The molecule has 0 aliphatic heterocycles. The van der Waals surface area contributed by atoms with Crippen molar-refractivity contribution in [2.24, 2.45) is 5.92 Å². The van der Waals surface area contributed by atoms with Gasteiger partial charge in [-0.25, -0.2) is 0 Å². The van der Waals surface area contributed by atoms with Crippen LogP contribution in [0.5, 0.6) is 0 Å². The van der Waals surface area contributed by atoms with Gasteiger partial charge in [0.15, 0.2) is 0 Å². The lowest BCUT2D eigenvalue weighted by atomic mass is 10.3. The molecule has 2 unspecified atom stereocenters. The Balaban J connectivity index is 1.95. The molecule has 0 saturated heterocycles. The van der Waals surface area contributed by atoms with Gasteiger partial charge in [0, 0.05) is 0 Å². The SMILES string of the molecule is CCC1CC1P(c1ccccc1)c1ccccc1. The van der Waals surface area contributed by atoms with E-state index in [1.807, 2.05) is 0 Å². The van der Waals surface area contributed by atoms with Gasteiger partial charge < -0.3 is 0 Å². The van der Waals surface area contributed by atoms with Crippen LogP contribution in [0.2, 0.25) is 0 Å². The van der Waals surface area contributed by atoms with Gasteiger partial charge in [0.2, 0.25) is 0 Å². The lowest BCUT2D eigenvalue weighted by molar-refractivity contribution is 0.802. The van der Waals surface area contributed by atoms with E-state index in [4.69, 9.17) is 0 Å². The first-order valence-electron chi connectivity index (χ1n) is 6.79. The maximum Gasteiger partial charge on any atom is -0.00975 e. The second-order valence-electron chi connectivity index (χ2n) is 5.01. The highest BCUT2D eigenvalue weighted by atomic mass is 31.1. The summed E-state index contributed by atoms with van der Waals surface area (Å²) in [5.74, 6) is 0.955. The number of benzene rings is 2. The molecule has 0 amide bonds. The summed E-state index contributed by atoms with van der Waals surface area (Å²) in [4.78, 5) is 0. The van der Waals surface area contributed by atoms with E-state index < -0.39 is 0 Å². The predicted octanol–water partition coefficient (Wildman–Crippen LogP) is 3.92. The third kappa shape index (κ3) is 2.35. The third-order valence-corrected chi connectivity index (χ3v) is 6.81. The van der Waals surface area contributed by atoms with Crippen LogP contribution in [-0.2, 0) is 0 Å². The Morgan fingerprint density at radius 2 is 1.39 bits per heavy atom. The monoisotopic (exact) mass is 254 g/mol. The van der Waals surface area contributed by atoms with Crippen molar-refractivity contribution in [2.75, 3.05) is 0 Å². The highest BCUT2D eigenvalue weighted by Gasteiger charge is 2.42. The molecule has 1 saturated carbocycles. The molecule has 0 heterocycles. The van der Waals surface area contributed by atoms with E-state index in [2.05, 4.69) is 67.6 Å². The maximum absolute atomic E-state index is 2.33. The van der Waals surface area contributed by atoms with Crippen molar-refractivity contribution in [1.29, 1.82) is 0 Å². The van der Waals surface area contributed by atoms with Crippen LogP contribution >= 0.6 is 7.92 Å². The minimum atomic E-state index is -0.144. The Kier molecular flexibility index (Phi) is 3.48. The summed E-state index contributed by atoms with van der Waals surface area (Å²) < 4.78 is 0. The predicted molar refractivity (Wildman–Crippen MR) is 81.3 cm³/mol. The van der Waals surface area contributed by atoms with Gasteiger partial charge in [-0.2, -0.15) is 0 Å². The summed E-state index contributed by atoms with van der Waals surface area (Å²) in [6.45, 7) is 2.33. The Morgan fingerprint density at radius 1 is 0.889 bits per heavy atom. The number of hydrogen-bond donors (Lipinski definition) is 0. The molecule has 0 spiro atoms. The zero-order valence-corrected chi connectivity index (χ0v) is 11.7. The van der Waals surface area contributed by atoms with Gasteiger partial charge in [-0.05, 0) is 36.5 Å². The molecule has 1 aliphatic carbocycles. The van der Waals surface area contributed by atoms with E-state index in [0.29, 0.717) is 0 Å². The zero-order chi connectivity index (χ0) is 12.4. The van der Waals surface area contributed by atoms with Crippen LogP contribution in [0.25, 0.3) is 0 Å². The lowest BCUT2D eigenvalue weighted by Gasteiger charge is -2.18. The fourth-order valence-electron chi connectivity index (χ4n) is 2.70. The smallest absolute Gasteiger partial charge is 0.00975 e. The van der Waals surface area contributed by atoms with Crippen LogP contribution in [-0.4, -0.2) is 5.66 Å². The molecule has 1 heteroatoms. The summed E-state index contributed by atoms with van der Waals surface area (Å²) in [6, 6.07) is 22.2. The molecule has 0 nitrogen and oxygen atoms in total. The average Bonchev–Trinajstić information content (AvgIpc) is 3.21. The molecule has 92 valence electrons. The lowest BCUT2D eigenvalue weighted by Crippen LogP contribution is -2.15. The average molecular weight is 254 g/mol. The highest BCUT2D eigenvalue weighted by molar-refractivity contribution is 7.73. The fourth-order valence-corrected chi connectivity index (χ4v) is 5.86. The third-order valence-electron chi connectivity index (χ3n) is 3.81. The van der Waals surface area contributed by atoms with Crippen molar-refractivity contribution in [2.45, 2.75) is 25.4 Å². The van der Waals surface area contributed by atoms with E-state index in [-0.39, 0.29) is 7.92 Å². The van der Waals surface area contributed by atoms with E-state index in [9.17, 15) is 0 Å². The summed E-state index contributed by atoms with van der Waals surface area (Å²) in [5.41, 5.74) is 0.912. The molecule has 18 heavy (non-hydrogen) atoms. The molecule has 0 bridgehead atoms. The van der Waals surface area contributed by atoms with Crippen molar-refractivity contribution in [3.8, 4) is 0 Å². The van der Waals surface area contributed by atoms with E-state index in [1.54, 1.807) is 10.6 Å².